The average Bonchev–Trinajstić information content (AvgIpc) is 3.19. The van der Waals surface area contributed by atoms with E-state index in [9.17, 15) is 4.79 Å². The van der Waals surface area contributed by atoms with Crippen molar-refractivity contribution in [1.29, 1.82) is 0 Å². The number of methoxy groups -OCH3 is 1. The molecule has 0 aliphatic carbocycles. The number of Topliss-reactive ketones (excluding diaryl/α,β-unsaturated/α-hetero) is 1. The number of thioether (sulfide) groups is 1. The van der Waals surface area contributed by atoms with Gasteiger partial charge in [0.1, 0.15) is 11.4 Å². The molecule has 1 heterocycles. The third-order valence-corrected chi connectivity index (χ3v) is 5.27. The van der Waals surface area contributed by atoms with Crippen molar-refractivity contribution in [2.45, 2.75) is 31.8 Å². The molecule has 0 radical (unpaired) electrons. The number of hydrogen-bond acceptors (Lipinski definition) is 6. The molecule has 0 saturated heterocycles. The number of para-hydroxylation sites is 2. The molecule has 0 fully saturated rings. The van der Waals surface area contributed by atoms with Crippen LogP contribution < -0.4 is 4.74 Å². The quantitative estimate of drug-likeness (QED) is 0.436. The van der Waals surface area contributed by atoms with Crippen LogP contribution in [-0.4, -0.2) is 38.9 Å². The van der Waals surface area contributed by atoms with Crippen LogP contribution in [0.15, 0.2) is 47.6 Å². The van der Waals surface area contributed by atoms with Gasteiger partial charge in [0, 0.05) is 5.56 Å². The molecular weight excluding hydrogens is 360 g/mol. The van der Waals surface area contributed by atoms with Gasteiger partial charge in [-0.2, -0.15) is 4.68 Å². The van der Waals surface area contributed by atoms with Gasteiger partial charge in [0.05, 0.1) is 12.9 Å². The van der Waals surface area contributed by atoms with Crippen molar-refractivity contribution in [2.24, 2.45) is 0 Å². The summed E-state index contributed by atoms with van der Waals surface area (Å²) >= 11 is 1.33. The van der Waals surface area contributed by atoms with Crippen molar-refractivity contribution in [1.82, 2.24) is 20.2 Å². The summed E-state index contributed by atoms with van der Waals surface area (Å²) in [5, 5.41) is 12.4. The predicted molar refractivity (Wildman–Crippen MR) is 106 cm³/mol. The smallest absolute Gasteiger partial charge is 0.214 e. The summed E-state index contributed by atoms with van der Waals surface area (Å²) in [5.41, 5.74) is 3.77. The maximum Gasteiger partial charge on any atom is 0.214 e. The van der Waals surface area contributed by atoms with Gasteiger partial charge in [-0.1, -0.05) is 49.9 Å². The molecule has 0 atom stereocenters. The summed E-state index contributed by atoms with van der Waals surface area (Å²) in [6.45, 7) is 4.15. The summed E-state index contributed by atoms with van der Waals surface area (Å²) in [6, 6.07) is 13.6. The van der Waals surface area contributed by atoms with E-state index in [4.69, 9.17) is 4.74 Å². The second kappa shape index (κ2) is 8.81. The van der Waals surface area contributed by atoms with Crippen LogP contribution >= 0.6 is 11.8 Å². The first-order chi connectivity index (χ1) is 13.2. The average molecular weight is 382 g/mol. The van der Waals surface area contributed by atoms with E-state index in [1.54, 1.807) is 11.8 Å². The van der Waals surface area contributed by atoms with Gasteiger partial charge in [-0.05, 0) is 52.6 Å². The number of aromatic nitrogens is 4. The van der Waals surface area contributed by atoms with Crippen molar-refractivity contribution < 1.29 is 9.53 Å². The Labute approximate surface area is 162 Å². The Bertz CT molecular complexity index is 939. The van der Waals surface area contributed by atoms with E-state index in [1.165, 1.54) is 17.3 Å². The fourth-order valence-electron chi connectivity index (χ4n) is 2.84. The van der Waals surface area contributed by atoms with Gasteiger partial charge in [0.2, 0.25) is 5.16 Å². The molecule has 0 bridgehead atoms. The van der Waals surface area contributed by atoms with Crippen LogP contribution in [-0.2, 0) is 12.8 Å². The third kappa shape index (κ3) is 4.19. The van der Waals surface area contributed by atoms with Crippen LogP contribution in [0.1, 0.15) is 35.3 Å². The molecule has 0 amide bonds. The zero-order valence-corrected chi connectivity index (χ0v) is 16.5. The van der Waals surface area contributed by atoms with Gasteiger partial charge in [0.25, 0.3) is 0 Å². The largest absolute Gasteiger partial charge is 0.494 e. The minimum atomic E-state index is 0.0849. The Morgan fingerprint density at radius 1 is 1.15 bits per heavy atom. The first-order valence-corrected chi connectivity index (χ1v) is 9.86. The second-order valence-electron chi connectivity index (χ2n) is 5.96. The number of tetrazole rings is 1. The number of hydrogen-bond donors (Lipinski definition) is 0. The van der Waals surface area contributed by atoms with Gasteiger partial charge in [-0.3, -0.25) is 4.79 Å². The summed E-state index contributed by atoms with van der Waals surface area (Å²) in [4.78, 5) is 12.8. The summed E-state index contributed by atoms with van der Waals surface area (Å²) in [7, 11) is 1.60. The second-order valence-corrected chi connectivity index (χ2v) is 6.90. The summed E-state index contributed by atoms with van der Waals surface area (Å²) in [5.74, 6) is 1.03. The van der Waals surface area contributed by atoms with Gasteiger partial charge in [-0.25, -0.2) is 0 Å². The highest BCUT2D eigenvalue weighted by molar-refractivity contribution is 7.99. The molecule has 0 spiro atoms. The van der Waals surface area contributed by atoms with Gasteiger partial charge in [0.15, 0.2) is 5.78 Å². The highest BCUT2D eigenvalue weighted by atomic mass is 32.2. The van der Waals surface area contributed by atoms with E-state index >= 15 is 0 Å². The summed E-state index contributed by atoms with van der Waals surface area (Å²) in [6.07, 6.45) is 1.73. The predicted octanol–water partition coefficient (Wildman–Crippen LogP) is 3.77. The molecule has 0 aliphatic heterocycles. The molecular formula is C20H22N4O2S. The Kier molecular flexibility index (Phi) is 6.24. The van der Waals surface area contributed by atoms with Gasteiger partial charge < -0.3 is 4.74 Å². The van der Waals surface area contributed by atoms with Crippen molar-refractivity contribution in [2.75, 3.05) is 12.9 Å². The van der Waals surface area contributed by atoms with E-state index < -0.39 is 0 Å². The maximum atomic E-state index is 12.8. The molecule has 6 nitrogen and oxygen atoms in total. The number of ether oxygens (including phenoxy) is 1. The summed E-state index contributed by atoms with van der Waals surface area (Å²) < 4.78 is 6.98. The Morgan fingerprint density at radius 3 is 2.70 bits per heavy atom. The van der Waals surface area contributed by atoms with Crippen LogP contribution in [0.2, 0.25) is 0 Å². The fraction of sp³-hybridized carbons (Fsp3) is 0.300. The van der Waals surface area contributed by atoms with Crippen LogP contribution in [0.3, 0.4) is 0 Å². The number of rotatable bonds is 8. The highest BCUT2D eigenvalue weighted by Gasteiger charge is 2.17. The number of carbonyl (C=O) groups is 1. The number of benzene rings is 2. The molecule has 0 N–H and O–H groups in total. The minimum Gasteiger partial charge on any atom is -0.494 e. The number of nitrogens with zero attached hydrogens (tertiary/aromatic N) is 4. The molecule has 2 aromatic carbocycles. The normalized spacial score (nSPS) is 10.8. The van der Waals surface area contributed by atoms with E-state index in [2.05, 4.69) is 41.5 Å². The van der Waals surface area contributed by atoms with Crippen LogP contribution in [0.4, 0.5) is 0 Å². The monoisotopic (exact) mass is 382 g/mol. The number of ketones is 1. The maximum absolute atomic E-state index is 12.8. The first kappa shape index (κ1) is 19.1. The standard InChI is InChI=1S/C20H22N4O2S/c1-4-14-10-11-15(5-2)16(12-14)18(25)13-27-20-21-22-23-24(20)17-8-6-7-9-19(17)26-3/h6-12H,4-5,13H2,1-3H3. The Balaban J connectivity index is 1.81. The number of carbonyl (C=O) groups excluding carboxylic acids is 1. The lowest BCUT2D eigenvalue weighted by Crippen LogP contribution is -2.08. The molecule has 1 aromatic heterocycles. The van der Waals surface area contributed by atoms with E-state index in [1.807, 2.05) is 30.3 Å². The lowest BCUT2D eigenvalue weighted by molar-refractivity contribution is 0.102. The zero-order valence-electron chi connectivity index (χ0n) is 15.7. The molecule has 140 valence electrons. The molecule has 0 saturated carbocycles. The molecule has 0 unspecified atom stereocenters. The highest BCUT2D eigenvalue weighted by Crippen LogP contribution is 2.26. The molecule has 3 aromatic rings. The van der Waals surface area contributed by atoms with E-state index in [-0.39, 0.29) is 11.5 Å². The molecule has 0 aliphatic rings. The van der Waals surface area contributed by atoms with Crippen molar-refractivity contribution in [3.05, 3.63) is 59.2 Å². The Morgan fingerprint density at radius 2 is 1.96 bits per heavy atom. The van der Waals surface area contributed by atoms with Crippen molar-refractivity contribution >= 4 is 17.5 Å². The topological polar surface area (TPSA) is 69.9 Å². The molecule has 3 rings (SSSR count). The van der Waals surface area contributed by atoms with E-state index in [0.29, 0.717) is 10.9 Å². The van der Waals surface area contributed by atoms with Crippen LogP contribution in [0.25, 0.3) is 5.69 Å². The minimum absolute atomic E-state index is 0.0849. The molecule has 7 heteroatoms. The molecule has 27 heavy (non-hydrogen) atoms. The van der Waals surface area contributed by atoms with Crippen LogP contribution in [0.5, 0.6) is 5.75 Å². The van der Waals surface area contributed by atoms with Gasteiger partial charge in [-0.15, -0.1) is 5.10 Å². The van der Waals surface area contributed by atoms with Crippen LogP contribution in [0, 0.1) is 0 Å². The van der Waals surface area contributed by atoms with Gasteiger partial charge >= 0.3 is 0 Å². The Hall–Kier alpha value is -2.67. The lowest BCUT2D eigenvalue weighted by atomic mass is 9.98. The number of aryl methyl sites for hydroxylation is 2. The zero-order chi connectivity index (χ0) is 19.2. The fourth-order valence-corrected chi connectivity index (χ4v) is 3.61. The lowest BCUT2D eigenvalue weighted by Gasteiger charge is -2.10. The SMILES string of the molecule is CCc1ccc(CC)c(C(=O)CSc2nnnn2-c2ccccc2OC)c1. The first-order valence-electron chi connectivity index (χ1n) is 8.87. The third-order valence-electron chi connectivity index (χ3n) is 4.35. The van der Waals surface area contributed by atoms with E-state index in [0.717, 1.165) is 29.7 Å². The van der Waals surface area contributed by atoms with Crippen molar-refractivity contribution in [3.63, 3.8) is 0 Å². The van der Waals surface area contributed by atoms with Crippen molar-refractivity contribution in [3.8, 4) is 11.4 Å².